The van der Waals surface area contributed by atoms with Crippen molar-refractivity contribution in [3.05, 3.63) is 42.2 Å². The Labute approximate surface area is 110 Å². The number of hydrogen-bond acceptors (Lipinski definition) is 5. The van der Waals surface area contributed by atoms with E-state index < -0.39 is 17.9 Å². The molecular weight excluding hydrogens is 248 g/mol. The summed E-state index contributed by atoms with van der Waals surface area (Å²) in [4.78, 5) is 22.8. The van der Waals surface area contributed by atoms with Crippen LogP contribution < -0.4 is 4.74 Å². The monoisotopic (exact) mass is 262 g/mol. The van der Waals surface area contributed by atoms with Crippen molar-refractivity contribution >= 4 is 11.9 Å². The fraction of sp³-hybridized carbons (Fsp3) is 0.286. The van der Waals surface area contributed by atoms with Crippen LogP contribution in [-0.2, 0) is 25.7 Å². The smallest absolute Gasteiger partial charge is 0.317 e. The van der Waals surface area contributed by atoms with Crippen molar-refractivity contribution in [2.24, 2.45) is 5.92 Å². The van der Waals surface area contributed by atoms with Gasteiger partial charge in [0, 0.05) is 0 Å². The molecular formula is C14H14O5. The van der Waals surface area contributed by atoms with E-state index in [0.717, 1.165) is 11.3 Å². The Balaban J connectivity index is 1.89. The highest BCUT2D eigenvalue weighted by Crippen LogP contribution is 2.25. The molecule has 0 aromatic heterocycles. The molecule has 2 rings (SSSR count). The third-order valence-corrected chi connectivity index (χ3v) is 2.83. The SMILES string of the molecule is C=C1OC(=O)CC1C(=O)OCc1ccc(OC)cc1. The molecule has 1 atom stereocenters. The summed E-state index contributed by atoms with van der Waals surface area (Å²) in [6.07, 6.45) is 0.000277. The first kappa shape index (κ1) is 13.1. The molecule has 1 heterocycles. The van der Waals surface area contributed by atoms with Crippen LogP contribution in [0.15, 0.2) is 36.6 Å². The zero-order valence-corrected chi connectivity index (χ0v) is 10.5. The first-order valence-electron chi connectivity index (χ1n) is 5.79. The Kier molecular flexibility index (Phi) is 3.85. The third-order valence-electron chi connectivity index (χ3n) is 2.83. The largest absolute Gasteiger partial charge is 0.497 e. The van der Waals surface area contributed by atoms with E-state index in [0.29, 0.717) is 0 Å². The Bertz CT molecular complexity index is 503. The molecule has 1 aromatic carbocycles. The van der Waals surface area contributed by atoms with Gasteiger partial charge in [-0.05, 0) is 17.7 Å². The van der Waals surface area contributed by atoms with E-state index in [-0.39, 0.29) is 18.8 Å². The number of carbonyl (C=O) groups excluding carboxylic acids is 2. The molecule has 1 aliphatic rings. The second-order valence-corrected chi connectivity index (χ2v) is 4.15. The Hall–Kier alpha value is -2.30. The van der Waals surface area contributed by atoms with Gasteiger partial charge in [-0.25, -0.2) is 0 Å². The first-order valence-corrected chi connectivity index (χ1v) is 5.79. The maximum atomic E-state index is 11.8. The number of methoxy groups -OCH3 is 1. The molecule has 1 saturated heterocycles. The van der Waals surface area contributed by atoms with Crippen LogP contribution in [0, 0.1) is 5.92 Å². The molecule has 1 fully saturated rings. The van der Waals surface area contributed by atoms with E-state index in [1.165, 1.54) is 0 Å². The van der Waals surface area contributed by atoms with Crippen molar-refractivity contribution in [3.8, 4) is 5.75 Å². The first-order chi connectivity index (χ1) is 9.10. The summed E-state index contributed by atoms with van der Waals surface area (Å²) < 4.78 is 14.9. The van der Waals surface area contributed by atoms with Gasteiger partial charge in [0.15, 0.2) is 0 Å². The van der Waals surface area contributed by atoms with Crippen molar-refractivity contribution in [1.82, 2.24) is 0 Å². The fourth-order valence-electron chi connectivity index (χ4n) is 1.73. The van der Waals surface area contributed by atoms with Crippen molar-refractivity contribution in [1.29, 1.82) is 0 Å². The van der Waals surface area contributed by atoms with Crippen LogP contribution in [-0.4, -0.2) is 19.0 Å². The van der Waals surface area contributed by atoms with Gasteiger partial charge in [0.2, 0.25) is 0 Å². The zero-order chi connectivity index (χ0) is 13.8. The van der Waals surface area contributed by atoms with E-state index >= 15 is 0 Å². The lowest BCUT2D eigenvalue weighted by Crippen LogP contribution is -2.16. The standard InChI is InChI=1S/C14H14O5/c1-9-12(7-13(15)19-9)14(16)18-8-10-3-5-11(17-2)6-4-10/h3-6,12H,1,7-8H2,2H3. The molecule has 0 spiro atoms. The maximum absolute atomic E-state index is 11.8. The summed E-state index contributed by atoms with van der Waals surface area (Å²) in [5.41, 5.74) is 0.838. The van der Waals surface area contributed by atoms with Crippen LogP contribution in [0.25, 0.3) is 0 Å². The van der Waals surface area contributed by atoms with E-state index in [2.05, 4.69) is 6.58 Å². The minimum atomic E-state index is -0.689. The number of hydrogen-bond donors (Lipinski definition) is 0. The number of benzene rings is 1. The highest BCUT2D eigenvalue weighted by molar-refractivity contribution is 5.86. The molecule has 5 nitrogen and oxygen atoms in total. The van der Waals surface area contributed by atoms with Crippen LogP contribution in [0.3, 0.4) is 0 Å². The quantitative estimate of drug-likeness (QED) is 0.774. The normalized spacial score (nSPS) is 18.1. The van der Waals surface area contributed by atoms with Crippen LogP contribution in [0.1, 0.15) is 12.0 Å². The number of esters is 2. The molecule has 1 unspecified atom stereocenters. The van der Waals surface area contributed by atoms with Gasteiger partial charge in [-0.15, -0.1) is 0 Å². The average molecular weight is 262 g/mol. The predicted octanol–water partition coefficient (Wildman–Crippen LogP) is 1.82. The van der Waals surface area contributed by atoms with Gasteiger partial charge in [-0.3, -0.25) is 9.59 Å². The maximum Gasteiger partial charge on any atom is 0.317 e. The van der Waals surface area contributed by atoms with Gasteiger partial charge < -0.3 is 14.2 Å². The summed E-state index contributed by atoms with van der Waals surface area (Å²) in [6.45, 7) is 3.66. The third kappa shape index (κ3) is 3.13. The van der Waals surface area contributed by atoms with Gasteiger partial charge >= 0.3 is 11.9 Å². The number of ether oxygens (including phenoxy) is 3. The Morgan fingerprint density at radius 2 is 2.11 bits per heavy atom. The lowest BCUT2D eigenvalue weighted by atomic mass is 10.1. The summed E-state index contributed by atoms with van der Waals surface area (Å²) in [5, 5.41) is 0. The van der Waals surface area contributed by atoms with Crippen LogP contribution in [0.5, 0.6) is 5.75 Å². The number of rotatable bonds is 4. The second kappa shape index (κ2) is 5.56. The molecule has 0 bridgehead atoms. The minimum absolute atomic E-state index is 0.000277. The number of cyclic esters (lactones) is 1. The molecule has 19 heavy (non-hydrogen) atoms. The van der Waals surface area contributed by atoms with Gasteiger partial charge in [0.1, 0.15) is 24.0 Å². The lowest BCUT2D eigenvalue weighted by molar-refractivity contribution is -0.148. The summed E-state index contributed by atoms with van der Waals surface area (Å²) in [5.74, 6) is -0.739. The molecule has 1 aromatic rings. The Morgan fingerprint density at radius 3 is 2.63 bits per heavy atom. The van der Waals surface area contributed by atoms with Gasteiger partial charge in [-0.2, -0.15) is 0 Å². The van der Waals surface area contributed by atoms with E-state index in [9.17, 15) is 9.59 Å². The highest BCUT2D eigenvalue weighted by atomic mass is 16.6. The van der Waals surface area contributed by atoms with Crippen LogP contribution >= 0.6 is 0 Å². The predicted molar refractivity (Wildman–Crippen MR) is 66.1 cm³/mol. The topological polar surface area (TPSA) is 61.8 Å². The fourth-order valence-corrected chi connectivity index (χ4v) is 1.73. The van der Waals surface area contributed by atoms with E-state index in [4.69, 9.17) is 14.2 Å². The van der Waals surface area contributed by atoms with E-state index in [1.54, 1.807) is 31.4 Å². The molecule has 0 radical (unpaired) electrons. The summed E-state index contributed by atoms with van der Waals surface area (Å²) >= 11 is 0. The summed E-state index contributed by atoms with van der Waals surface area (Å²) in [6, 6.07) is 7.17. The van der Waals surface area contributed by atoms with Crippen LogP contribution in [0.2, 0.25) is 0 Å². The molecule has 5 heteroatoms. The molecule has 0 aliphatic carbocycles. The molecule has 0 N–H and O–H groups in total. The molecule has 0 saturated carbocycles. The van der Waals surface area contributed by atoms with Gasteiger partial charge in [-0.1, -0.05) is 18.7 Å². The minimum Gasteiger partial charge on any atom is -0.497 e. The van der Waals surface area contributed by atoms with Crippen LogP contribution in [0.4, 0.5) is 0 Å². The van der Waals surface area contributed by atoms with Crippen molar-refractivity contribution in [2.75, 3.05) is 7.11 Å². The molecule has 100 valence electrons. The molecule has 0 amide bonds. The van der Waals surface area contributed by atoms with Gasteiger partial charge in [0.25, 0.3) is 0 Å². The Morgan fingerprint density at radius 1 is 1.42 bits per heavy atom. The summed E-state index contributed by atoms with van der Waals surface area (Å²) in [7, 11) is 1.58. The van der Waals surface area contributed by atoms with E-state index in [1.807, 2.05) is 0 Å². The highest BCUT2D eigenvalue weighted by Gasteiger charge is 2.35. The molecule has 1 aliphatic heterocycles. The van der Waals surface area contributed by atoms with Crippen molar-refractivity contribution in [3.63, 3.8) is 0 Å². The van der Waals surface area contributed by atoms with Crippen molar-refractivity contribution in [2.45, 2.75) is 13.0 Å². The van der Waals surface area contributed by atoms with Gasteiger partial charge in [0.05, 0.1) is 13.5 Å². The second-order valence-electron chi connectivity index (χ2n) is 4.15. The number of carbonyl (C=O) groups is 2. The lowest BCUT2D eigenvalue weighted by Gasteiger charge is -2.09. The van der Waals surface area contributed by atoms with Crippen molar-refractivity contribution < 1.29 is 23.8 Å². The average Bonchev–Trinajstić information content (AvgIpc) is 2.75. The zero-order valence-electron chi connectivity index (χ0n) is 10.5.